The fourth-order valence-corrected chi connectivity index (χ4v) is 10.00. The highest BCUT2D eigenvalue weighted by molar-refractivity contribution is 7.27. The number of rotatable bonds is 6. The molecule has 0 aliphatic rings. The molecule has 12 rings (SSSR count). The van der Waals surface area contributed by atoms with Crippen molar-refractivity contribution < 1.29 is 8.83 Å². The number of benzene rings is 9. The molecule has 3 aromatic heterocycles. The van der Waals surface area contributed by atoms with Gasteiger partial charge < -0.3 is 18.6 Å². The summed E-state index contributed by atoms with van der Waals surface area (Å²) < 4.78 is 15.6. The highest BCUT2D eigenvalue weighted by Gasteiger charge is 2.26. The van der Waals surface area contributed by atoms with Gasteiger partial charge >= 0.3 is 0 Å². The summed E-state index contributed by atoms with van der Waals surface area (Å²) in [6.45, 7) is 0. The Bertz CT molecular complexity index is 3450. The number of fused-ring (bicyclic) bond motifs is 11. The zero-order chi connectivity index (χ0) is 37.5. The summed E-state index contributed by atoms with van der Waals surface area (Å²) in [6, 6.07) is 69.0. The van der Waals surface area contributed by atoms with Gasteiger partial charge in [-0.2, -0.15) is 0 Å². The molecule has 268 valence electrons. The summed E-state index contributed by atoms with van der Waals surface area (Å²) in [5, 5.41) is 9.25. The summed E-state index contributed by atoms with van der Waals surface area (Å²) in [4.78, 5) is 4.79. The van der Waals surface area contributed by atoms with E-state index in [0.29, 0.717) is 0 Å². The topological polar surface area (TPSA) is 32.8 Å². The maximum atomic E-state index is 6.57. The second-order valence-electron chi connectivity index (χ2n) is 14.5. The molecule has 0 aliphatic carbocycles. The van der Waals surface area contributed by atoms with E-state index in [0.717, 1.165) is 78.0 Å². The van der Waals surface area contributed by atoms with Crippen molar-refractivity contribution in [3.8, 4) is 0 Å². The quantitative estimate of drug-likeness (QED) is 0.170. The Labute approximate surface area is 331 Å². The van der Waals surface area contributed by atoms with Gasteiger partial charge in [-0.1, -0.05) is 115 Å². The number of nitrogens with zero attached hydrogens (tertiary/aromatic N) is 2. The molecular weight excluding hydrogens is 717 g/mol. The van der Waals surface area contributed by atoms with Gasteiger partial charge in [0.15, 0.2) is 0 Å². The van der Waals surface area contributed by atoms with E-state index < -0.39 is 0 Å². The van der Waals surface area contributed by atoms with Crippen molar-refractivity contribution in [2.75, 3.05) is 9.80 Å². The van der Waals surface area contributed by atoms with Gasteiger partial charge in [0.1, 0.15) is 22.3 Å². The molecule has 12 aromatic rings. The van der Waals surface area contributed by atoms with Gasteiger partial charge in [-0.05, 0) is 83.6 Å². The number of para-hydroxylation sites is 4. The van der Waals surface area contributed by atoms with Crippen molar-refractivity contribution in [3.05, 3.63) is 194 Å². The van der Waals surface area contributed by atoms with Crippen LogP contribution in [-0.2, 0) is 0 Å². The van der Waals surface area contributed by atoms with Gasteiger partial charge in [-0.3, -0.25) is 0 Å². The molecule has 0 aliphatic heterocycles. The molecule has 0 amide bonds. The lowest BCUT2D eigenvalue weighted by Gasteiger charge is -2.30. The van der Waals surface area contributed by atoms with Crippen molar-refractivity contribution in [2.45, 2.75) is 0 Å². The largest absolute Gasteiger partial charge is 0.456 e. The third-order valence-electron chi connectivity index (χ3n) is 11.2. The molecule has 0 spiro atoms. The summed E-state index contributed by atoms with van der Waals surface area (Å²) in [5.41, 5.74) is 9.72. The number of thiophene rings is 1. The van der Waals surface area contributed by atoms with E-state index in [2.05, 4.69) is 186 Å². The Kier molecular flexibility index (Phi) is 7.06. The van der Waals surface area contributed by atoms with Crippen LogP contribution in [0.1, 0.15) is 0 Å². The average molecular weight is 749 g/mol. The van der Waals surface area contributed by atoms with E-state index in [1.165, 1.54) is 30.9 Å². The van der Waals surface area contributed by atoms with E-state index in [4.69, 9.17) is 8.83 Å². The second kappa shape index (κ2) is 12.6. The first-order chi connectivity index (χ1) is 28.3. The predicted molar refractivity (Wildman–Crippen MR) is 241 cm³/mol. The number of hydrogen-bond acceptors (Lipinski definition) is 5. The minimum absolute atomic E-state index is 0.841. The van der Waals surface area contributed by atoms with Crippen LogP contribution in [0.2, 0.25) is 0 Å². The summed E-state index contributed by atoms with van der Waals surface area (Å²) in [6.07, 6.45) is 0. The summed E-state index contributed by atoms with van der Waals surface area (Å²) >= 11 is 1.86. The monoisotopic (exact) mass is 748 g/mol. The molecule has 57 heavy (non-hydrogen) atoms. The number of anilines is 6. The highest BCUT2D eigenvalue weighted by atomic mass is 32.1. The fraction of sp³-hybridized carbons (Fsp3) is 0. The van der Waals surface area contributed by atoms with E-state index in [1.807, 2.05) is 29.5 Å². The number of hydrogen-bond donors (Lipinski definition) is 0. The molecule has 0 saturated heterocycles. The van der Waals surface area contributed by atoms with Crippen molar-refractivity contribution in [1.82, 2.24) is 0 Å². The van der Waals surface area contributed by atoms with Crippen LogP contribution in [0.5, 0.6) is 0 Å². The Morgan fingerprint density at radius 2 is 0.930 bits per heavy atom. The van der Waals surface area contributed by atoms with Gasteiger partial charge in [0.05, 0.1) is 21.5 Å². The lowest BCUT2D eigenvalue weighted by Crippen LogP contribution is -2.13. The molecular formula is C52H32N2O2S. The van der Waals surface area contributed by atoms with Crippen molar-refractivity contribution in [2.24, 2.45) is 0 Å². The summed E-state index contributed by atoms with van der Waals surface area (Å²) in [5.74, 6) is 0. The molecule has 0 N–H and O–H groups in total. The van der Waals surface area contributed by atoms with Crippen LogP contribution in [-0.4, -0.2) is 0 Å². The van der Waals surface area contributed by atoms with E-state index >= 15 is 0 Å². The summed E-state index contributed by atoms with van der Waals surface area (Å²) in [7, 11) is 0. The van der Waals surface area contributed by atoms with Crippen LogP contribution in [0.15, 0.2) is 203 Å². The maximum Gasteiger partial charge on any atom is 0.137 e. The molecule has 4 nitrogen and oxygen atoms in total. The van der Waals surface area contributed by atoms with E-state index in [-0.39, 0.29) is 0 Å². The van der Waals surface area contributed by atoms with Gasteiger partial charge in [0, 0.05) is 60.4 Å². The van der Waals surface area contributed by atoms with Crippen LogP contribution < -0.4 is 9.80 Å². The molecule has 0 fully saturated rings. The average Bonchev–Trinajstić information content (AvgIpc) is 3.96. The van der Waals surface area contributed by atoms with Crippen molar-refractivity contribution >= 4 is 120 Å². The van der Waals surface area contributed by atoms with Gasteiger partial charge in [-0.15, -0.1) is 11.3 Å². The third-order valence-corrected chi connectivity index (χ3v) is 12.5. The first-order valence-corrected chi connectivity index (χ1v) is 20.0. The molecule has 0 atom stereocenters. The smallest absolute Gasteiger partial charge is 0.137 e. The third kappa shape index (κ3) is 4.99. The molecule has 0 unspecified atom stereocenters. The minimum Gasteiger partial charge on any atom is -0.456 e. The van der Waals surface area contributed by atoms with Crippen molar-refractivity contribution in [3.63, 3.8) is 0 Å². The highest BCUT2D eigenvalue weighted by Crippen LogP contribution is 2.52. The first kappa shape index (κ1) is 32.0. The lowest BCUT2D eigenvalue weighted by molar-refractivity contribution is 0.669. The van der Waals surface area contributed by atoms with Gasteiger partial charge in [0.2, 0.25) is 0 Å². The standard InChI is InChI=1S/C52H32N2O2S/c1-3-15-34(16-4-1)53(35-17-5-2-6-18-35)37-30-43-41-28-26-33-14-7-8-19-38(33)51(41)57-52(43)45(31-37)54(36-27-29-40-39-20-9-11-23-46(39)56-49(40)32-36)44-22-13-25-48-50(44)42-21-10-12-24-47(42)55-48/h1-32H. The van der Waals surface area contributed by atoms with Crippen LogP contribution in [0.25, 0.3) is 74.8 Å². The minimum atomic E-state index is 0.841. The van der Waals surface area contributed by atoms with E-state index in [1.54, 1.807) is 0 Å². The Morgan fingerprint density at radius 3 is 1.72 bits per heavy atom. The zero-order valence-corrected chi connectivity index (χ0v) is 31.4. The Morgan fingerprint density at radius 1 is 0.316 bits per heavy atom. The normalized spacial score (nSPS) is 11.9. The first-order valence-electron chi connectivity index (χ1n) is 19.2. The van der Waals surface area contributed by atoms with E-state index in [9.17, 15) is 0 Å². The SMILES string of the molecule is c1ccc(N(c2ccccc2)c2cc(N(c3ccc4c(c3)oc3ccccc34)c3cccc4oc5ccccc5c34)c3sc4c5ccccc5ccc4c3c2)cc1. The number of furan rings is 2. The van der Waals surface area contributed by atoms with Crippen LogP contribution in [0, 0.1) is 0 Å². The molecule has 9 aromatic carbocycles. The maximum absolute atomic E-state index is 6.57. The van der Waals surface area contributed by atoms with Gasteiger partial charge in [-0.25, -0.2) is 0 Å². The lowest BCUT2D eigenvalue weighted by atomic mass is 10.0. The zero-order valence-electron chi connectivity index (χ0n) is 30.6. The fourth-order valence-electron chi connectivity index (χ4n) is 8.67. The van der Waals surface area contributed by atoms with Crippen molar-refractivity contribution in [1.29, 1.82) is 0 Å². The Hall–Kier alpha value is -7.34. The molecule has 3 heterocycles. The second-order valence-corrected chi connectivity index (χ2v) is 15.5. The molecule has 0 saturated carbocycles. The molecule has 5 heteroatoms. The van der Waals surface area contributed by atoms with Crippen LogP contribution in [0.4, 0.5) is 34.1 Å². The Balaban J connectivity index is 1.23. The van der Waals surface area contributed by atoms with Gasteiger partial charge in [0.25, 0.3) is 0 Å². The predicted octanol–water partition coefficient (Wildman–Crippen LogP) is 15.9. The molecule has 0 bridgehead atoms. The molecule has 0 radical (unpaired) electrons. The van der Waals surface area contributed by atoms with Crippen LogP contribution in [0.3, 0.4) is 0 Å². The van der Waals surface area contributed by atoms with Crippen LogP contribution >= 0.6 is 11.3 Å².